The first-order valence-electron chi connectivity index (χ1n) is 7.54. The quantitative estimate of drug-likeness (QED) is 0.722. The Morgan fingerprint density at radius 2 is 2.09 bits per heavy atom. The molecule has 0 radical (unpaired) electrons. The van der Waals surface area contributed by atoms with Crippen LogP contribution in [0.5, 0.6) is 0 Å². The van der Waals surface area contributed by atoms with E-state index in [1.807, 2.05) is 37.6 Å². The maximum Gasteiger partial charge on any atom is 0.123 e. The molecule has 0 bridgehead atoms. The monoisotopic (exact) mass is 310 g/mol. The smallest absolute Gasteiger partial charge is 0.123 e. The largest absolute Gasteiger partial charge is 0.295 e. The number of benzene rings is 1. The Bertz CT molecular complexity index is 756. The maximum absolute atomic E-state index is 13.7. The van der Waals surface area contributed by atoms with E-state index in [4.69, 9.17) is 0 Å². The lowest BCUT2D eigenvalue weighted by atomic mass is 10.1. The molecule has 118 valence electrons. The minimum absolute atomic E-state index is 0.178. The van der Waals surface area contributed by atoms with Crippen molar-refractivity contribution in [1.29, 1.82) is 0 Å². The number of hydrogen-bond acceptors (Lipinski definition) is 3. The molecule has 0 saturated heterocycles. The first-order chi connectivity index (χ1) is 11.1. The van der Waals surface area contributed by atoms with Gasteiger partial charge in [0.1, 0.15) is 5.82 Å². The summed E-state index contributed by atoms with van der Waals surface area (Å²) < 4.78 is 15.5. The average molecular weight is 310 g/mol. The Morgan fingerprint density at radius 3 is 2.78 bits per heavy atom. The summed E-state index contributed by atoms with van der Waals surface area (Å²) in [4.78, 5) is 6.33. The summed E-state index contributed by atoms with van der Waals surface area (Å²) in [6, 6.07) is 10.8. The molecule has 3 aromatic rings. The van der Waals surface area contributed by atoms with Crippen LogP contribution in [0.15, 0.2) is 61.2 Å². The third-order valence-corrected chi connectivity index (χ3v) is 4.04. The molecule has 0 aliphatic heterocycles. The van der Waals surface area contributed by atoms with Crippen molar-refractivity contribution in [3.63, 3.8) is 0 Å². The predicted octanol–water partition coefficient (Wildman–Crippen LogP) is 3.60. The molecule has 2 aromatic heterocycles. The third-order valence-electron chi connectivity index (χ3n) is 4.04. The van der Waals surface area contributed by atoms with Gasteiger partial charge in [0.05, 0.1) is 5.69 Å². The van der Waals surface area contributed by atoms with Gasteiger partial charge in [0, 0.05) is 37.4 Å². The SMILES string of the molecule is CC(c1cccnc1)N(C)Cc1cc(F)ccc1-n1cccn1. The van der Waals surface area contributed by atoms with Crippen molar-refractivity contribution in [2.45, 2.75) is 19.5 Å². The van der Waals surface area contributed by atoms with E-state index in [0.717, 1.165) is 16.8 Å². The summed E-state index contributed by atoms with van der Waals surface area (Å²) in [6.07, 6.45) is 7.20. The Hall–Kier alpha value is -2.53. The van der Waals surface area contributed by atoms with Crippen molar-refractivity contribution in [3.05, 3.63) is 78.1 Å². The number of halogens is 1. The Morgan fingerprint density at radius 1 is 1.22 bits per heavy atom. The van der Waals surface area contributed by atoms with Gasteiger partial charge in [0.15, 0.2) is 0 Å². The van der Waals surface area contributed by atoms with E-state index >= 15 is 0 Å². The van der Waals surface area contributed by atoms with Gasteiger partial charge < -0.3 is 0 Å². The van der Waals surface area contributed by atoms with Crippen LogP contribution >= 0.6 is 0 Å². The zero-order valence-electron chi connectivity index (χ0n) is 13.2. The fourth-order valence-corrected chi connectivity index (χ4v) is 2.60. The standard InChI is InChI=1S/C18H19FN4/c1-14(15-5-3-8-20-12-15)22(2)13-16-11-17(19)6-7-18(16)23-10-4-9-21-23/h3-12,14H,13H2,1-2H3. The van der Waals surface area contributed by atoms with E-state index in [1.165, 1.54) is 6.07 Å². The van der Waals surface area contributed by atoms with Crippen LogP contribution < -0.4 is 0 Å². The van der Waals surface area contributed by atoms with E-state index in [0.29, 0.717) is 6.54 Å². The topological polar surface area (TPSA) is 34.0 Å². The summed E-state index contributed by atoms with van der Waals surface area (Å²) in [6.45, 7) is 2.73. The third kappa shape index (κ3) is 3.46. The van der Waals surface area contributed by atoms with Crippen LogP contribution in [0.1, 0.15) is 24.1 Å². The first kappa shape index (κ1) is 15.4. The predicted molar refractivity (Wildman–Crippen MR) is 87.6 cm³/mol. The van der Waals surface area contributed by atoms with Gasteiger partial charge in [-0.05, 0) is 55.4 Å². The number of hydrogen-bond donors (Lipinski definition) is 0. The maximum atomic E-state index is 13.7. The van der Waals surface area contributed by atoms with Gasteiger partial charge in [-0.1, -0.05) is 6.07 Å². The molecule has 1 unspecified atom stereocenters. The molecule has 0 amide bonds. The van der Waals surface area contributed by atoms with E-state index in [9.17, 15) is 4.39 Å². The number of rotatable bonds is 5. The van der Waals surface area contributed by atoms with E-state index < -0.39 is 0 Å². The molecule has 0 N–H and O–H groups in total. The van der Waals surface area contributed by atoms with Crippen molar-refractivity contribution in [1.82, 2.24) is 19.7 Å². The Balaban J connectivity index is 1.86. The molecular weight excluding hydrogens is 291 g/mol. The summed E-state index contributed by atoms with van der Waals surface area (Å²) in [5.74, 6) is -0.238. The highest BCUT2D eigenvalue weighted by molar-refractivity contribution is 5.40. The number of aromatic nitrogens is 3. The summed E-state index contributed by atoms with van der Waals surface area (Å²) in [5.41, 5.74) is 2.92. The lowest BCUT2D eigenvalue weighted by molar-refractivity contribution is 0.252. The van der Waals surface area contributed by atoms with Crippen molar-refractivity contribution in [3.8, 4) is 5.69 Å². The van der Waals surface area contributed by atoms with Crippen molar-refractivity contribution >= 4 is 0 Å². The molecule has 1 atom stereocenters. The minimum Gasteiger partial charge on any atom is -0.295 e. The van der Waals surface area contributed by atoms with Crippen molar-refractivity contribution < 1.29 is 4.39 Å². The van der Waals surface area contributed by atoms with Crippen molar-refractivity contribution in [2.75, 3.05) is 7.05 Å². The molecule has 5 heteroatoms. The van der Waals surface area contributed by atoms with Gasteiger partial charge in [-0.25, -0.2) is 9.07 Å². The normalized spacial score (nSPS) is 12.5. The van der Waals surface area contributed by atoms with Gasteiger partial charge in [-0.15, -0.1) is 0 Å². The molecule has 0 spiro atoms. The van der Waals surface area contributed by atoms with Crippen molar-refractivity contribution in [2.24, 2.45) is 0 Å². The molecule has 0 aliphatic rings. The van der Waals surface area contributed by atoms with Gasteiger partial charge in [0.25, 0.3) is 0 Å². The fourth-order valence-electron chi connectivity index (χ4n) is 2.60. The highest BCUT2D eigenvalue weighted by atomic mass is 19.1. The van der Waals surface area contributed by atoms with Crippen LogP contribution in [0.3, 0.4) is 0 Å². The molecule has 23 heavy (non-hydrogen) atoms. The lowest BCUT2D eigenvalue weighted by Crippen LogP contribution is -2.23. The molecule has 0 fully saturated rings. The molecule has 2 heterocycles. The number of nitrogens with zero attached hydrogens (tertiary/aromatic N) is 4. The lowest BCUT2D eigenvalue weighted by Gasteiger charge is -2.26. The highest BCUT2D eigenvalue weighted by Crippen LogP contribution is 2.23. The van der Waals surface area contributed by atoms with Crippen LogP contribution in [0.2, 0.25) is 0 Å². The van der Waals surface area contributed by atoms with Crippen LogP contribution in [0, 0.1) is 5.82 Å². The molecular formula is C18H19FN4. The van der Waals surface area contributed by atoms with Gasteiger partial charge in [0.2, 0.25) is 0 Å². The second-order valence-corrected chi connectivity index (χ2v) is 5.60. The molecule has 0 saturated carbocycles. The summed E-state index contributed by atoms with van der Waals surface area (Å²) >= 11 is 0. The minimum atomic E-state index is -0.238. The fraction of sp³-hybridized carbons (Fsp3) is 0.222. The van der Waals surface area contributed by atoms with Crippen LogP contribution in [0.4, 0.5) is 4.39 Å². The van der Waals surface area contributed by atoms with Gasteiger partial charge >= 0.3 is 0 Å². The molecule has 3 rings (SSSR count). The van der Waals surface area contributed by atoms with Gasteiger partial charge in [-0.2, -0.15) is 5.10 Å². The highest BCUT2D eigenvalue weighted by Gasteiger charge is 2.15. The molecule has 0 aliphatic carbocycles. The van der Waals surface area contributed by atoms with Gasteiger partial charge in [-0.3, -0.25) is 9.88 Å². The van der Waals surface area contributed by atoms with Crippen LogP contribution in [-0.4, -0.2) is 26.7 Å². The summed E-state index contributed by atoms with van der Waals surface area (Å²) in [7, 11) is 2.02. The second-order valence-electron chi connectivity index (χ2n) is 5.60. The van der Waals surface area contributed by atoms with E-state index in [-0.39, 0.29) is 11.9 Å². The van der Waals surface area contributed by atoms with E-state index in [2.05, 4.69) is 21.9 Å². The van der Waals surface area contributed by atoms with Crippen LogP contribution in [-0.2, 0) is 6.54 Å². The Kier molecular flexibility index (Phi) is 4.48. The second kappa shape index (κ2) is 6.71. The van der Waals surface area contributed by atoms with Crippen LogP contribution in [0.25, 0.3) is 5.69 Å². The van der Waals surface area contributed by atoms with E-state index in [1.54, 1.807) is 29.2 Å². The Labute approximate surface area is 135 Å². The molecule has 4 nitrogen and oxygen atoms in total. The summed E-state index contributed by atoms with van der Waals surface area (Å²) in [5, 5.41) is 4.25. The zero-order valence-corrected chi connectivity index (χ0v) is 13.2. The average Bonchev–Trinajstić information content (AvgIpc) is 3.09. The zero-order chi connectivity index (χ0) is 16.2. The first-order valence-corrected chi connectivity index (χ1v) is 7.54. The number of pyridine rings is 1. The molecule has 1 aromatic carbocycles.